The number of rotatable bonds is 5. The van der Waals surface area contributed by atoms with Crippen molar-refractivity contribution in [2.24, 2.45) is 0 Å². The van der Waals surface area contributed by atoms with E-state index in [-0.39, 0.29) is 11.9 Å². The Morgan fingerprint density at radius 3 is 2.27 bits per heavy atom. The van der Waals surface area contributed by atoms with Crippen LogP contribution in [-0.4, -0.2) is 43.0 Å². The number of likely N-dealkylation sites (tertiary alicyclic amines) is 1. The number of esters is 1. The minimum atomic E-state index is -0.492. The number of amides is 1. The van der Waals surface area contributed by atoms with Crippen LogP contribution in [0.3, 0.4) is 0 Å². The van der Waals surface area contributed by atoms with Gasteiger partial charge in [0.2, 0.25) is 0 Å². The SMILES string of the molecule is COC(=O)c1ccccc1C(=O)NC1CCN(Cc2ccccc2)CC1. The molecule has 2 aromatic carbocycles. The lowest BCUT2D eigenvalue weighted by Gasteiger charge is -2.32. The number of nitrogens with zero attached hydrogens (tertiary/aromatic N) is 1. The van der Waals surface area contributed by atoms with Crippen molar-refractivity contribution < 1.29 is 14.3 Å². The van der Waals surface area contributed by atoms with Gasteiger partial charge in [-0.2, -0.15) is 0 Å². The molecule has 2 aromatic rings. The summed E-state index contributed by atoms with van der Waals surface area (Å²) in [5.74, 6) is -0.707. The molecule has 5 heteroatoms. The Bertz CT molecular complexity index is 753. The van der Waals surface area contributed by atoms with Gasteiger partial charge in [-0.15, -0.1) is 0 Å². The van der Waals surface area contributed by atoms with Gasteiger partial charge in [0.1, 0.15) is 0 Å². The Hall–Kier alpha value is -2.66. The molecule has 1 amide bonds. The molecule has 1 aliphatic rings. The van der Waals surface area contributed by atoms with E-state index in [2.05, 4.69) is 34.5 Å². The number of carbonyl (C=O) groups is 2. The number of benzene rings is 2. The molecule has 5 nitrogen and oxygen atoms in total. The lowest BCUT2D eigenvalue weighted by Crippen LogP contribution is -2.44. The van der Waals surface area contributed by atoms with E-state index in [0.717, 1.165) is 32.5 Å². The van der Waals surface area contributed by atoms with Gasteiger partial charge in [0.15, 0.2) is 0 Å². The van der Waals surface area contributed by atoms with Gasteiger partial charge in [-0.25, -0.2) is 4.79 Å². The Balaban J connectivity index is 1.55. The molecule has 3 rings (SSSR count). The zero-order valence-electron chi connectivity index (χ0n) is 15.0. The van der Waals surface area contributed by atoms with E-state index in [4.69, 9.17) is 4.74 Å². The molecule has 0 saturated carbocycles. The van der Waals surface area contributed by atoms with Crippen LogP contribution in [0.1, 0.15) is 39.1 Å². The Kier molecular flexibility index (Phi) is 6.02. The van der Waals surface area contributed by atoms with E-state index in [1.54, 1.807) is 24.3 Å². The molecular weight excluding hydrogens is 328 g/mol. The van der Waals surface area contributed by atoms with Crippen LogP contribution in [0.5, 0.6) is 0 Å². The van der Waals surface area contributed by atoms with Crippen molar-refractivity contribution in [1.82, 2.24) is 10.2 Å². The molecule has 1 aliphatic heterocycles. The van der Waals surface area contributed by atoms with Gasteiger partial charge in [0, 0.05) is 25.7 Å². The molecule has 0 atom stereocenters. The summed E-state index contributed by atoms with van der Waals surface area (Å²) in [7, 11) is 1.32. The zero-order chi connectivity index (χ0) is 18.4. The van der Waals surface area contributed by atoms with Gasteiger partial charge >= 0.3 is 5.97 Å². The van der Waals surface area contributed by atoms with Crippen LogP contribution in [0.25, 0.3) is 0 Å². The van der Waals surface area contributed by atoms with E-state index >= 15 is 0 Å². The van der Waals surface area contributed by atoms with Crippen LogP contribution < -0.4 is 5.32 Å². The number of methoxy groups -OCH3 is 1. The zero-order valence-corrected chi connectivity index (χ0v) is 15.0. The fraction of sp³-hybridized carbons (Fsp3) is 0.333. The summed E-state index contributed by atoms with van der Waals surface area (Å²) in [5.41, 5.74) is 1.97. The molecule has 0 unspecified atom stereocenters. The van der Waals surface area contributed by atoms with Crippen molar-refractivity contribution in [3.05, 3.63) is 71.3 Å². The molecule has 0 bridgehead atoms. The second-order valence-electron chi connectivity index (χ2n) is 6.55. The third-order valence-corrected chi connectivity index (χ3v) is 4.75. The fourth-order valence-corrected chi connectivity index (χ4v) is 3.31. The van der Waals surface area contributed by atoms with Crippen LogP contribution in [0.2, 0.25) is 0 Å². The van der Waals surface area contributed by atoms with Crippen LogP contribution in [0, 0.1) is 0 Å². The van der Waals surface area contributed by atoms with Crippen molar-refractivity contribution in [3.8, 4) is 0 Å². The van der Waals surface area contributed by atoms with E-state index in [1.165, 1.54) is 12.7 Å². The first-order valence-corrected chi connectivity index (χ1v) is 8.92. The minimum absolute atomic E-state index is 0.125. The number of ether oxygens (including phenoxy) is 1. The lowest BCUT2D eigenvalue weighted by molar-refractivity contribution is 0.0595. The van der Waals surface area contributed by atoms with Crippen LogP contribution in [0.15, 0.2) is 54.6 Å². The van der Waals surface area contributed by atoms with E-state index in [1.807, 2.05) is 6.07 Å². The summed E-state index contributed by atoms with van der Waals surface area (Å²) in [6.07, 6.45) is 1.80. The number of piperidine rings is 1. The molecule has 1 saturated heterocycles. The first-order chi connectivity index (χ1) is 12.7. The Morgan fingerprint density at radius 2 is 1.62 bits per heavy atom. The van der Waals surface area contributed by atoms with Gasteiger partial charge in [-0.1, -0.05) is 42.5 Å². The summed E-state index contributed by atoms with van der Waals surface area (Å²) in [6.45, 7) is 2.82. The predicted octanol–water partition coefficient (Wildman–Crippen LogP) is 2.87. The summed E-state index contributed by atoms with van der Waals surface area (Å²) in [4.78, 5) is 26.8. The standard InChI is InChI=1S/C21H24N2O3/c1-26-21(25)19-10-6-5-9-18(19)20(24)22-17-11-13-23(14-12-17)15-16-7-3-2-4-8-16/h2-10,17H,11-15H2,1H3,(H,22,24). The van der Waals surface area contributed by atoms with Gasteiger partial charge in [-0.3, -0.25) is 9.69 Å². The average Bonchev–Trinajstić information content (AvgIpc) is 2.69. The van der Waals surface area contributed by atoms with E-state index in [0.29, 0.717) is 11.1 Å². The number of carbonyl (C=O) groups excluding carboxylic acids is 2. The number of hydrogen-bond donors (Lipinski definition) is 1. The molecule has 0 aliphatic carbocycles. The van der Waals surface area contributed by atoms with Crippen LogP contribution in [0.4, 0.5) is 0 Å². The van der Waals surface area contributed by atoms with Crippen molar-refractivity contribution in [2.75, 3.05) is 20.2 Å². The quantitative estimate of drug-likeness (QED) is 0.841. The van der Waals surface area contributed by atoms with E-state index < -0.39 is 5.97 Å². The molecule has 136 valence electrons. The normalized spacial score (nSPS) is 15.4. The molecule has 1 heterocycles. The van der Waals surface area contributed by atoms with E-state index in [9.17, 15) is 9.59 Å². The topological polar surface area (TPSA) is 58.6 Å². The average molecular weight is 352 g/mol. The maximum absolute atomic E-state index is 12.6. The molecule has 1 fully saturated rings. The highest BCUT2D eigenvalue weighted by atomic mass is 16.5. The summed E-state index contributed by atoms with van der Waals surface area (Å²) in [5, 5.41) is 3.07. The maximum atomic E-state index is 12.6. The number of hydrogen-bond acceptors (Lipinski definition) is 4. The molecular formula is C21H24N2O3. The molecule has 0 radical (unpaired) electrons. The predicted molar refractivity (Wildman–Crippen MR) is 100.0 cm³/mol. The third-order valence-electron chi connectivity index (χ3n) is 4.75. The van der Waals surface area contributed by atoms with Crippen molar-refractivity contribution in [3.63, 3.8) is 0 Å². The first kappa shape index (κ1) is 18.1. The molecule has 1 N–H and O–H groups in total. The largest absolute Gasteiger partial charge is 0.465 e. The van der Waals surface area contributed by atoms with Gasteiger partial charge in [0.05, 0.1) is 18.2 Å². The summed E-state index contributed by atoms with van der Waals surface area (Å²) >= 11 is 0. The highest BCUT2D eigenvalue weighted by molar-refractivity contribution is 6.05. The molecule has 26 heavy (non-hydrogen) atoms. The summed E-state index contributed by atoms with van der Waals surface area (Å²) in [6, 6.07) is 17.3. The van der Waals surface area contributed by atoms with Crippen molar-refractivity contribution >= 4 is 11.9 Å². The smallest absolute Gasteiger partial charge is 0.338 e. The van der Waals surface area contributed by atoms with Gasteiger partial charge < -0.3 is 10.1 Å². The minimum Gasteiger partial charge on any atom is -0.465 e. The highest BCUT2D eigenvalue weighted by Crippen LogP contribution is 2.16. The molecule has 0 spiro atoms. The first-order valence-electron chi connectivity index (χ1n) is 8.92. The lowest BCUT2D eigenvalue weighted by atomic mass is 10.0. The molecule has 0 aromatic heterocycles. The Labute approximate surface area is 154 Å². The third kappa shape index (κ3) is 4.49. The monoisotopic (exact) mass is 352 g/mol. The second kappa shape index (κ2) is 8.63. The van der Waals surface area contributed by atoms with Crippen LogP contribution in [-0.2, 0) is 11.3 Å². The Morgan fingerprint density at radius 1 is 1.00 bits per heavy atom. The van der Waals surface area contributed by atoms with Crippen molar-refractivity contribution in [1.29, 1.82) is 0 Å². The van der Waals surface area contributed by atoms with Crippen LogP contribution >= 0.6 is 0 Å². The van der Waals surface area contributed by atoms with Gasteiger partial charge in [-0.05, 0) is 30.5 Å². The highest BCUT2D eigenvalue weighted by Gasteiger charge is 2.23. The maximum Gasteiger partial charge on any atom is 0.338 e. The van der Waals surface area contributed by atoms with Gasteiger partial charge in [0.25, 0.3) is 5.91 Å². The summed E-state index contributed by atoms with van der Waals surface area (Å²) < 4.78 is 4.76. The fourth-order valence-electron chi connectivity index (χ4n) is 3.31. The second-order valence-corrected chi connectivity index (χ2v) is 6.55. The van der Waals surface area contributed by atoms with Crippen molar-refractivity contribution in [2.45, 2.75) is 25.4 Å². The number of nitrogens with one attached hydrogen (secondary N) is 1.